The molecule has 3 heterocycles. The van der Waals surface area contributed by atoms with Gasteiger partial charge in [-0.15, -0.1) is 11.3 Å². The molecule has 1 aliphatic carbocycles. The number of nitrogens with zero attached hydrogens (tertiary/aromatic N) is 1. The van der Waals surface area contributed by atoms with Gasteiger partial charge in [0, 0.05) is 22.4 Å². The van der Waals surface area contributed by atoms with E-state index in [4.69, 9.17) is 4.74 Å². The highest BCUT2D eigenvalue weighted by molar-refractivity contribution is 7.10. The van der Waals surface area contributed by atoms with Crippen LogP contribution in [0.3, 0.4) is 0 Å². The summed E-state index contributed by atoms with van der Waals surface area (Å²) in [6.45, 7) is 3.09. The van der Waals surface area contributed by atoms with Crippen LogP contribution in [-0.4, -0.2) is 16.6 Å². The van der Waals surface area contributed by atoms with Crippen molar-refractivity contribution in [2.75, 3.05) is 6.61 Å². The number of hydrogen-bond acceptors (Lipinski definition) is 4. The van der Waals surface area contributed by atoms with Gasteiger partial charge in [-0.25, -0.2) is 0 Å². The highest BCUT2D eigenvalue weighted by Crippen LogP contribution is 2.33. The van der Waals surface area contributed by atoms with Crippen LogP contribution in [-0.2, 0) is 12.8 Å². The Morgan fingerprint density at radius 3 is 2.96 bits per heavy atom. The molecule has 0 saturated heterocycles. The van der Waals surface area contributed by atoms with Crippen LogP contribution < -0.4 is 10.3 Å². The number of pyridine rings is 2. The predicted octanol–water partition coefficient (Wildman–Crippen LogP) is 5.37. The van der Waals surface area contributed by atoms with E-state index in [1.807, 2.05) is 23.5 Å². The molecule has 1 aliphatic rings. The van der Waals surface area contributed by atoms with Crippen molar-refractivity contribution in [2.45, 2.75) is 51.9 Å². The highest BCUT2D eigenvalue weighted by atomic mass is 32.1. The number of hydrogen-bond donors (Lipinski definition) is 1. The number of unbranched alkanes of at least 4 members (excludes halogenated alkanes) is 1. The predicted molar refractivity (Wildman–Crippen MR) is 115 cm³/mol. The molecule has 2 unspecified atom stereocenters. The van der Waals surface area contributed by atoms with Crippen molar-refractivity contribution in [3.63, 3.8) is 0 Å². The molecule has 0 spiro atoms. The molecular formula is C23H28N2O2S. The van der Waals surface area contributed by atoms with Crippen LogP contribution in [0.25, 0.3) is 11.0 Å². The topological polar surface area (TPSA) is 55.0 Å². The molecule has 28 heavy (non-hydrogen) atoms. The van der Waals surface area contributed by atoms with Crippen molar-refractivity contribution in [3.8, 4) is 5.88 Å². The number of fused-ring (bicyclic) bond motifs is 2. The Bertz CT molecular complexity index is 955. The summed E-state index contributed by atoms with van der Waals surface area (Å²) in [5.41, 5.74) is 2.04. The molecule has 0 fully saturated rings. The molecule has 0 saturated carbocycles. The van der Waals surface area contributed by atoms with Crippen molar-refractivity contribution in [1.29, 1.82) is 0 Å². The fourth-order valence-electron chi connectivity index (χ4n) is 4.25. The second-order valence-electron chi connectivity index (χ2n) is 7.94. The molecule has 0 aliphatic heterocycles. The largest absolute Gasteiger partial charge is 0.478 e. The van der Waals surface area contributed by atoms with Gasteiger partial charge in [-0.3, -0.25) is 4.79 Å². The van der Waals surface area contributed by atoms with Gasteiger partial charge in [0.25, 0.3) is 0 Å². The third-order valence-corrected chi connectivity index (χ3v) is 7.05. The fourth-order valence-corrected chi connectivity index (χ4v) is 5.21. The van der Waals surface area contributed by atoms with Gasteiger partial charge in [-0.05, 0) is 79.5 Å². The summed E-state index contributed by atoms with van der Waals surface area (Å²) in [5, 5.41) is 3.16. The molecule has 0 amide bonds. The summed E-state index contributed by atoms with van der Waals surface area (Å²) in [6, 6.07) is 9.41. The Hall–Kier alpha value is -2.14. The van der Waals surface area contributed by atoms with Crippen LogP contribution in [0.5, 0.6) is 5.88 Å². The van der Waals surface area contributed by atoms with Crippen molar-refractivity contribution < 1.29 is 4.74 Å². The number of rotatable bonds is 7. The lowest BCUT2D eigenvalue weighted by molar-refractivity contribution is 0.267. The van der Waals surface area contributed by atoms with E-state index in [-0.39, 0.29) is 5.56 Å². The third kappa shape index (κ3) is 4.64. The van der Waals surface area contributed by atoms with E-state index in [2.05, 4.69) is 28.3 Å². The molecule has 0 bridgehead atoms. The minimum absolute atomic E-state index is 0.139. The Morgan fingerprint density at radius 1 is 1.18 bits per heavy atom. The fraction of sp³-hybridized carbons (Fsp3) is 0.478. The van der Waals surface area contributed by atoms with Crippen LogP contribution >= 0.6 is 11.3 Å². The summed E-state index contributed by atoms with van der Waals surface area (Å²) < 4.78 is 5.80. The molecule has 3 aromatic rings. The second kappa shape index (κ2) is 8.91. The quantitative estimate of drug-likeness (QED) is 0.432. The maximum absolute atomic E-state index is 11.4. The second-order valence-corrected chi connectivity index (χ2v) is 8.94. The van der Waals surface area contributed by atoms with Crippen LogP contribution in [0.15, 0.2) is 40.5 Å². The van der Waals surface area contributed by atoms with E-state index in [0.717, 1.165) is 23.6 Å². The zero-order chi connectivity index (χ0) is 19.3. The maximum Gasteiger partial charge on any atom is 0.249 e. The first-order chi connectivity index (χ1) is 13.7. The van der Waals surface area contributed by atoms with Crippen molar-refractivity contribution >= 4 is 22.4 Å². The Kier molecular flexibility index (Phi) is 6.10. The van der Waals surface area contributed by atoms with Gasteiger partial charge in [0.05, 0.1) is 6.61 Å². The molecule has 1 N–H and O–H groups in total. The minimum atomic E-state index is -0.139. The first kappa shape index (κ1) is 19.2. The smallest absolute Gasteiger partial charge is 0.249 e. The Labute approximate surface area is 170 Å². The van der Waals surface area contributed by atoms with Crippen molar-refractivity contribution in [1.82, 2.24) is 9.97 Å². The summed E-state index contributed by atoms with van der Waals surface area (Å²) in [5.74, 6) is 2.20. The van der Waals surface area contributed by atoms with E-state index in [1.165, 1.54) is 44.6 Å². The lowest BCUT2D eigenvalue weighted by atomic mass is 9.84. The lowest BCUT2D eigenvalue weighted by Crippen LogP contribution is -2.13. The molecule has 5 heteroatoms. The number of aryl methyl sites for hydroxylation is 2. The SMILES string of the molecule is CC(CCCCOc1ccc2ccc(=O)[nH]c2n1)C1CCc2ccsc2CC1. The molecule has 0 aromatic carbocycles. The van der Waals surface area contributed by atoms with Crippen LogP contribution in [0.4, 0.5) is 0 Å². The summed E-state index contributed by atoms with van der Waals surface area (Å²) in [4.78, 5) is 20.2. The average Bonchev–Trinajstić information content (AvgIpc) is 3.05. The minimum Gasteiger partial charge on any atom is -0.478 e. The Balaban J connectivity index is 1.19. The van der Waals surface area contributed by atoms with Crippen LogP contribution in [0.1, 0.15) is 49.5 Å². The van der Waals surface area contributed by atoms with E-state index in [9.17, 15) is 4.79 Å². The lowest BCUT2D eigenvalue weighted by Gasteiger charge is -2.22. The maximum atomic E-state index is 11.4. The van der Waals surface area contributed by atoms with Gasteiger partial charge < -0.3 is 9.72 Å². The molecule has 2 atom stereocenters. The molecule has 0 radical (unpaired) electrons. The van der Waals surface area contributed by atoms with E-state index in [0.29, 0.717) is 18.1 Å². The van der Waals surface area contributed by atoms with Gasteiger partial charge in [-0.1, -0.05) is 13.3 Å². The zero-order valence-electron chi connectivity index (χ0n) is 16.4. The molecule has 3 aromatic heterocycles. The van der Waals surface area contributed by atoms with E-state index in [1.54, 1.807) is 16.5 Å². The summed E-state index contributed by atoms with van der Waals surface area (Å²) in [7, 11) is 0. The molecular weight excluding hydrogens is 368 g/mol. The first-order valence-electron chi connectivity index (χ1n) is 10.4. The first-order valence-corrected chi connectivity index (χ1v) is 11.2. The monoisotopic (exact) mass is 396 g/mol. The summed E-state index contributed by atoms with van der Waals surface area (Å²) in [6.07, 6.45) is 8.68. The van der Waals surface area contributed by atoms with E-state index < -0.39 is 0 Å². The van der Waals surface area contributed by atoms with Gasteiger partial charge in [0.1, 0.15) is 5.65 Å². The Morgan fingerprint density at radius 2 is 2.04 bits per heavy atom. The average molecular weight is 397 g/mol. The standard InChI is InChI=1S/C23H28N2O2S/c1-16(17-5-6-18-13-15-28-20(18)10-7-17)4-2-3-14-27-22-12-9-19-8-11-21(26)24-23(19)25-22/h8-9,11-13,15-17H,2-7,10,14H2,1H3,(H,24,25,26). The number of aromatic amines is 1. The van der Waals surface area contributed by atoms with Gasteiger partial charge in [0.15, 0.2) is 0 Å². The summed E-state index contributed by atoms with van der Waals surface area (Å²) >= 11 is 1.93. The van der Waals surface area contributed by atoms with Gasteiger partial charge >= 0.3 is 0 Å². The van der Waals surface area contributed by atoms with E-state index >= 15 is 0 Å². The van der Waals surface area contributed by atoms with Crippen LogP contribution in [0.2, 0.25) is 0 Å². The van der Waals surface area contributed by atoms with Gasteiger partial charge in [0.2, 0.25) is 11.4 Å². The normalized spacial score (nSPS) is 17.8. The van der Waals surface area contributed by atoms with Crippen molar-refractivity contribution in [2.24, 2.45) is 11.8 Å². The third-order valence-electron chi connectivity index (χ3n) is 6.03. The number of nitrogens with one attached hydrogen (secondary N) is 1. The van der Waals surface area contributed by atoms with Gasteiger partial charge in [-0.2, -0.15) is 4.98 Å². The number of aromatic nitrogens is 2. The molecule has 4 rings (SSSR count). The van der Waals surface area contributed by atoms with Crippen molar-refractivity contribution in [3.05, 3.63) is 56.5 Å². The number of thiophene rings is 1. The molecule has 148 valence electrons. The zero-order valence-corrected chi connectivity index (χ0v) is 17.3. The number of H-pyrrole nitrogens is 1. The molecule has 4 nitrogen and oxygen atoms in total. The van der Waals surface area contributed by atoms with Crippen LogP contribution in [0, 0.1) is 11.8 Å². The highest BCUT2D eigenvalue weighted by Gasteiger charge is 2.21. The number of ether oxygens (including phenoxy) is 1.